The Morgan fingerprint density at radius 1 is 1.25 bits per heavy atom. The summed E-state index contributed by atoms with van der Waals surface area (Å²) in [4.78, 5) is 4.43. The Bertz CT molecular complexity index is 592. The average molecular weight is 272 g/mol. The van der Waals surface area contributed by atoms with Gasteiger partial charge in [0.1, 0.15) is 0 Å². The van der Waals surface area contributed by atoms with Gasteiger partial charge >= 0.3 is 0 Å². The van der Waals surface area contributed by atoms with Crippen molar-refractivity contribution in [2.45, 2.75) is 13.0 Å². The smallest absolute Gasteiger partial charge is 0.210 e. The molecule has 106 valence electrons. The van der Waals surface area contributed by atoms with Crippen LogP contribution in [-0.4, -0.2) is 25.7 Å². The highest BCUT2D eigenvalue weighted by atomic mass is 16.5. The van der Waals surface area contributed by atoms with Gasteiger partial charge in [0.2, 0.25) is 5.96 Å². The second-order valence-electron chi connectivity index (χ2n) is 4.58. The fraction of sp³-hybridized carbons (Fsp3) is 0.267. The summed E-state index contributed by atoms with van der Waals surface area (Å²) < 4.78 is 5.07. The van der Waals surface area contributed by atoms with Gasteiger partial charge in [0, 0.05) is 18.2 Å². The minimum absolute atomic E-state index is 0.0218. The van der Waals surface area contributed by atoms with E-state index in [2.05, 4.69) is 33.9 Å². The summed E-state index contributed by atoms with van der Waals surface area (Å²) in [5.74, 6) is 6.04. The number of anilines is 1. The first-order valence-corrected chi connectivity index (χ1v) is 6.52. The second-order valence-corrected chi connectivity index (χ2v) is 4.58. The van der Waals surface area contributed by atoms with Crippen LogP contribution in [0, 0.1) is 0 Å². The molecule has 0 aliphatic carbocycles. The number of hydrogen-bond donors (Lipinski definition) is 3. The van der Waals surface area contributed by atoms with Crippen molar-refractivity contribution in [3.05, 3.63) is 42.5 Å². The molecule has 0 amide bonds. The van der Waals surface area contributed by atoms with Gasteiger partial charge in [-0.15, -0.1) is 0 Å². The predicted octanol–water partition coefficient (Wildman–Crippen LogP) is 2.11. The monoisotopic (exact) mass is 272 g/mol. The Kier molecular flexibility index (Phi) is 4.92. The van der Waals surface area contributed by atoms with E-state index in [1.165, 1.54) is 5.39 Å². The Labute approximate surface area is 118 Å². The van der Waals surface area contributed by atoms with E-state index in [0.29, 0.717) is 12.6 Å². The van der Waals surface area contributed by atoms with Crippen LogP contribution in [0.4, 0.5) is 5.69 Å². The summed E-state index contributed by atoms with van der Waals surface area (Å²) in [7, 11) is 1.65. The van der Waals surface area contributed by atoms with Gasteiger partial charge in [0.15, 0.2) is 0 Å². The molecule has 5 heteroatoms. The Balaban J connectivity index is 2.26. The molecule has 0 heterocycles. The van der Waals surface area contributed by atoms with E-state index in [9.17, 15) is 0 Å². The fourth-order valence-electron chi connectivity index (χ4n) is 2.07. The summed E-state index contributed by atoms with van der Waals surface area (Å²) in [6.45, 7) is 2.51. The molecule has 20 heavy (non-hydrogen) atoms. The van der Waals surface area contributed by atoms with Crippen LogP contribution in [0.25, 0.3) is 10.8 Å². The molecule has 0 spiro atoms. The molecule has 0 aromatic heterocycles. The zero-order valence-electron chi connectivity index (χ0n) is 11.8. The first-order chi connectivity index (χ1) is 9.74. The van der Waals surface area contributed by atoms with Crippen molar-refractivity contribution >= 4 is 22.4 Å². The fourth-order valence-corrected chi connectivity index (χ4v) is 2.07. The molecule has 0 saturated heterocycles. The van der Waals surface area contributed by atoms with Crippen LogP contribution in [-0.2, 0) is 4.74 Å². The van der Waals surface area contributed by atoms with Crippen molar-refractivity contribution in [3.63, 3.8) is 0 Å². The lowest BCUT2D eigenvalue weighted by Gasteiger charge is -2.13. The number of ether oxygens (including phenoxy) is 1. The molecule has 0 aliphatic heterocycles. The number of nitrogens with zero attached hydrogens (tertiary/aromatic N) is 1. The second kappa shape index (κ2) is 6.88. The van der Waals surface area contributed by atoms with Crippen molar-refractivity contribution in [1.29, 1.82) is 0 Å². The number of nitrogens with one attached hydrogen (secondary N) is 2. The number of nitrogens with two attached hydrogens (primary N) is 1. The Morgan fingerprint density at radius 3 is 2.75 bits per heavy atom. The summed E-state index contributed by atoms with van der Waals surface area (Å²) in [6.07, 6.45) is 0. The molecule has 0 fully saturated rings. The average Bonchev–Trinajstić information content (AvgIpc) is 2.47. The normalized spacial score (nSPS) is 13.2. The molecule has 0 saturated carbocycles. The molecule has 5 nitrogen and oxygen atoms in total. The molecule has 2 aromatic rings. The maximum Gasteiger partial charge on any atom is 0.210 e. The maximum absolute atomic E-state index is 5.53. The van der Waals surface area contributed by atoms with Crippen molar-refractivity contribution < 1.29 is 4.74 Å². The third kappa shape index (κ3) is 3.46. The van der Waals surface area contributed by atoms with Crippen LogP contribution in [0.5, 0.6) is 0 Å². The molecular weight excluding hydrogens is 252 g/mol. The third-order valence-electron chi connectivity index (χ3n) is 2.94. The predicted molar refractivity (Wildman–Crippen MR) is 83.7 cm³/mol. The molecular formula is C15H20N4O. The van der Waals surface area contributed by atoms with Crippen molar-refractivity contribution in [2.24, 2.45) is 10.8 Å². The highest BCUT2D eigenvalue weighted by Crippen LogP contribution is 2.22. The molecule has 4 N–H and O–H groups in total. The van der Waals surface area contributed by atoms with Crippen LogP contribution in [0.3, 0.4) is 0 Å². The van der Waals surface area contributed by atoms with E-state index in [0.717, 1.165) is 11.1 Å². The number of aliphatic imine (C=N–C) groups is 1. The molecule has 2 aromatic carbocycles. The first-order valence-electron chi connectivity index (χ1n) is 6.52. The van der Waals surface area contributed by atoms with Crippen LogP contribution in [0.2, 0.25) is 0 Å². The lowest BCUT2D eigenvalue weighted by atomic mass is 10.1. The van der Waals surface area contributed by atoms with Gasteiger partial charge in [-0.05, 0) is 18.4 Å². The zero-order valence-corrected chi connectivity index (χ0v) is 11.8. The SMILES string of the molecule is COCC(C)N=C(NN)Nc1cccc2ccccc12. The van der Waals surface area contributed by atoms with Gasteiger partial charge in [-0.2, -0.15) is 0 Å². The summed E-state index contributed by atoms with van der Waals surface area (Å²) >= 11 is 0. The maximum atomic E-state index is 5.53. The van der Waals surface area contributed by atoms with Crippen LogP contribution in [0.15, 0.2) is 47.5 Å². The van der Waals surface area contributed by atoms with E-state index < -0.39 is 0 Å². The van der Waals surface area contributed by atoms with Gasteiger partial charge in [0.05, 0.1) is 12.6 Å². The highest BCUT2D eigenvalue weighted by Gasteiger charge is 2.05. The quantitative estimate of drug-likeness (QED) is 0.345. The number of guanidine groups is 1. The largest absolute Gasteiger partial charge is 0.382 e. The highest BCUT2D eigenvalue weighted by molar-refractivity contribution is 6.03. The Morgan fingerprint density at radius 2 is 2.00 bits per heavy atom. The van der Waals surface area contributed by atoms with Crippen LogP contribution in [0.1, 0.15) is 6.92 Å². The number of methoxy groups -OCH3 is 1. The van der Waals surface area contributed by atoms with Gasteiger partial charge < -0.3 is 10.1 Å². The van der Waals surface area contributed by atoms with Crippen molar-refractivity contribution in [2.75, 3.05) is 19.0 Å². The molecule has 0 radical (unpaired) electrons. The van der Waals surface area contributed by atoms with Crippen molar-refractivity contribution in [3.8, 4) is 0 Å². The molecule has 0 aliphatic rings. The van der Waals surface area contributed by atoms with E-state index in [1.807, 2.05) is 31.2 Å². The minimum Gasteiger partial charge on any atom is -0.382 e. The summed E-state index contributed by atoms with van der Waals surface area (Å²) in [5.41, 5.74) is 3.55. The lowest BCUT2D eigenvalue weighted by molar-refractivity contribution is 0.185. The van der Waals surface area contributed by atoms with Crippen molar-refractivity contribution in [1.82, 2.24) is 5.43 Å². The number of fused-ring (bicyclic) bond motifs is 1. The lowest BCUT2D eigenvalue weighted by Crippen LogP contribution is -2.37. The summed E-state index contributed by atoms with van der Waals surface area (Å²) in [6, 6.07) is 14.2. The molecule has 1 unspecified atom stereocenters. The van der Waals surface area contributed by atoms with E-state index >= 15 is 0 Å². The van der Waals surface area contributed by atoms with E-state index in [-0.39, 0.29) is 6.04 Å². The topological polar surface area (TPSA) is 71.7 Å². The van der Waals surface area contributed by atoms with Gasteiger partial charge in [-0.25, -0.2) is 10.8 Å². The van der Waals surface area contributed by atoms with Gasteiger partial charge in [-0.3, -0.25) is 5.43 Å². The zero-order chi connectivity index (χ0) is 14.4. The number of rotatable bonds is 4. The standard InChI is InChI=1S/C15H20N4O/c1-11(10-20-2)17-15(19-16)18-14-9-5-7-12-6-3-4-8-13(12)14/h3-9,11H,10,16H2,1-2H3,(H2,17,18,19). The number of hydrazine groups is 1. The van der Waals surface area contributed by atoms with Crippen LogP contribution >= 0.6 is 0 Å². The van der Waals surface area contributed by atoms with E-state index in [1.54, 1.807) is 7.11 Å². The van der Waals surface area contributed by atoms with Gasteiger partial charge in [0.25, 0.3) is 0 Å². The number of hydrogen-bond acceptors (Lipinski definition) is 3. The van der Waals surface area contributed by atoms with Crippen LogP contribution < -0.4 is 16.6 Å². The molecule has 1 atom stereocenters. The van der Waals surface area contributed by atoms with Gasteiger partial charge in [-0.1, -0.05) is 36.4 Å². The minimum atomic E-state index is 0.0218. The molecule has 2 rings (SSSR count). The molecule has 0 bridgehead atoms. The number of benzene rings is 2. The third-order valence-corrected chi connectivity index (χ3v) is 2.94. The van der Waals surface area contributed by atoms with E-state index in [4.69, 9.17) is 10.6 Å². The first kappa shape index (κ1) is 14.3. The Hall–Kier alpha value is -2.11. The summed E-state index contributed by atoms with van der Waals surface area (Å²) in [5, 5.41) is 5.51.